The molecule has 0 aliphatic rings. The SMILES string of the molecule is Cc1cc(F)cc(C(O)c2cccc(F)c2Br)c1. The van der Waals surface area contributed by atoms with Gasteiger partial charge in [-0.3, -0.25) is 0 Å². The van der Waals surface area contributed by atoms with Crippen LogP contribution in [0.4, 0.5) is 8.78 Å². The second-order valence-corrected chi connectivity index (χ2v) is 4.90. The highest BCUT2D eigenvalue weighted by molar-refractivity contribution is 9.10. The molecule has 0 bridgehead atoms. The van der Waals surface area contributed by atoms with Crippen molar-refractivity contribution in [2.75, 3.05) is 0 Å². The normalized spacial score (nSPS) is 12.5. The predicted molar refractivity (Wildman–Crippen MR) is 69.3 cm³/mol. The number of halogens is 3. The van der Waals surface area contributed by atoms with E-state index in [1.807, 2.05) is 0 Å². The molecule has 2 aromatic rings. The lowest BCUT2D eigenvalue weighted by molar-refractivity contribution is 0.218. The van der Waals surface area contributed by atoms with Crippen molar-refractivity contribution in [3.8, 4) is 0 Å². The first kappa shape index (κ1) is 13.2. The Morgan fingerprint density at radius 1 is 1.17 bits per heavy atom. The smallest absolute Gasteiger partial charge is 0.137 e. The molecule has 2 rings (SSSR count). The van der Waals surface area contributed by atoms with E-state index in [9.17, 15) is 13.9 Å². The second-order valence-electron chi connectivity index (χ2n) is 4.11. The summed E-state index contributed by atoms with van der Waals surface area (Å²) in [6, 6.07) is 8.68. The van der Waals surface area contributed by atoms with Crippen molar-refractivity contribution < 1.29 is 13.9 Å². The molecule has 0 aliphatic heterocycles. The Bertz CT molecular complexity index is 564. The van der Waals surface area contributed by atoms with Gasteiger partial charge in [-0.1, -0.05) is 18.2 Å². The van der Waals surface area contributed by atoms with Crippen molar-refractivity contribution in [3.05, 3.63) is 69.2 Å². The summed E-state index contributed by atoms with van der Waals surface area (Å²) in [6.07, 6.45) is -1.07. The summed E-state index contributed by atoms with van der Waals surface area (Å²) in [7, 11) is 0. The van der Waals surface area contributed by atoms with E-state index in [1.54, 1.807) is 19.1 Å². The van der Waals surface area contributed by atoms with Crippen LogP contribution in [0, 0.1) is 18.6 Å². The Hall–Kier alpha value is -1.26. The molecular formula is C14H11BrF2O. The fraction of sp³-hybridized carbons (Fsp3) is 0.143. The summed E-state index contributed by atoms with van der Waals surface area (Å²) >= 11 is 3.09. The zero-order valence-corrected chi connectivity index (χ0v) is 11.2. The molecule has 1 unspecified atom stereocenters. The summed E-state index contributed by atoms with van der Waals surface area (Å²) < 4.78 is 26.9. The lowest BCUT2D eigenvalue weighted by Crippen LogP contribution is -2.02. The highest BCUT2D eigenvalue weighted by Gasteiger charge is 2.16. The third kappa shape index (κ3) is 2.60. The first-order valence-electron chi connectivity index (χ1n) is 5.38. The number of rotatable bonds is 2. The van der Waals surface area contributed by atoms with Crippen molar-refractivity contribution in [1.82, 2.24) is 0 Å². The average molecular weight is 313 g/mol. The van der Waals surface area contributed by atoms with Gasteiger partial charge in [0.1, 0.15) is 17.7 Å². The molecule has 94 valence electrons. The van der Waals surface area contributed by atoms with Crippen LogP contribution in [0.3, 0.4) is 0 Å². The second kappa shape index (κ2) is 5.16. The summed E-state index contributed by atoms with van der Waals surface area (Å²) in [4.78, 5) is 0. The van der Waals surface area contributed by atoms with E-state index < -0.39 is 17.7 Å². The van der Waals surface area contributed by atoms with Crippen LogP contribution in [0.1, 0.15) is 22.8 Å². The molecule has 1 nitrogen and oxygen atoms in total. The average Bonchev–Trinajstić information content (AvgIpc) is 2.30. The molecule has 0 saturated carbocycles. The van der Waals surface area contributed by atoms with Crippen molar-refractivity contribution >= 4 is 15.9 Å². The molecule has 0 radical (unpaired) electrons. The lowest BCUT2D eigenvalue weighted by Gasteiger charge is -2.14. The van der Waals surface area contributed by atoms with Gasteiger partial charge in [0.2, 0.25) is 0 Å². The maximum Gasteiger partial charge on any atom is 0.137 e. The van der Waals surface area contributed by atoms with Crippen molar-refractivity contribution in [3.63, 3.8) is 0 Å². The number of aliphatic hydroxyl groups excluding tert-OH is 1. The standard InChI is InChI=1S/C14H11BrF2O/c1-8-5-9(7-10(16)6-8)14(18)11-3-2-4-12(17)13(11)15/h2-7,14,18H,1H3. The molecular weight excluding hydrogens is 302 g/mol. The summed E-state index contributed by atoms with van der Waals surface area (Å²) in [6.45, 7) is 1.74. The molecule has 0 saturated heterocycles. The van der Waals surface area contributed by atoms with Crippen molar-refractivity contribution in [2.24, 2.45) is 0 Å². The van der Waals surface area contributed by atoms with Crippen LogP contribution in [0.15, 0.2) is 40.9 Å². The number of aliphatic hydroxyl groups is 1. The van der Waals surface area contributed by atoms with E-state index in [0.717, 1.165) is 0 Å². The molecule has 18 heavy (non-hydrogen) atoms. The monoisotopic (exact) mass is 312 g/mol. The summed E-state index contributed by atoms with van der Waals surface area (Å²) in [5.41, 5.74) is 1.48. The first-order chi connectivity index (χ1) is 8.49. The maximum atomic E-state index is 13.4. The topological polar surface area (TPSA) is 20.2 Å². The van der Waals surface area contributed by atoms with Crippen LogP contribution in [0.5, 0.6) is 0 Å². The Labute approximate surface area is 112 Å². The van der Waals surface area contributed by atoms with E-state index in [0.29, 0.717) is 16.7 Å². The highest BCUT2D eigenvalue weighted by atomic mass is 79.9. The largest absolute Gasteiger partial charge is 0.384 e. The molecule has 2 aromatic carbocycles. The number of benzene rings is 2. The van der Waals surface area contributed by atoms with Crippen molar-refractivity contribution in [1.29, 1.82) is 0 Å². The van der Waals surface area contributed by atoms with E-state index in [1.165, 1.54) is 24.3 Å². The first-order valence-corrected chi connectivity index (χ1v) is 6.17. The van der Waals surface area contributed by atoms with E-state index in [-0.39, 0.29) is 4.47 Å². The van der Waals surface area contributed by atoms with Gasteiger partial charge in [-0.05, 0) is 52.2 Å². The summed E-state index contributed by atoms with van der Waals surface area (Å²) in [5.74, 6) is -0.878. The highest BCUT2D eigenvalue weighted by Crippen LogP contribution is 2.30. The lowest BCUT2D eigenvalue weighted by atomic mass is 10.00. The van der Waals surface area contributed by atoms with E-state index in [2.05, 4.69) is 15.9 Å². The molecule has 4 heteroatoms. The van der Waals surface area contributed by atoms with Crippen LogP contribution in [-0.2, 0) is 0 Å². The van der Waals surface area contributed by atoms with Crippen LogP contribution >= 0.6 is 15.9 Å². The zero-order valence-electron chi connectivity index (χ0n) is 9.62. The molecule has 0 aliphatic carbocycles. The van der Waals surface area contributed by atoms with Gasteiger partial charge in [0, 0.05) is 5.56 Å². The summed E-state index contributed by atoms with van der Waals surface area (Å²) in [5, 5.41) is 10.2. The zero-order chi connectivity index (χ0) is 13.3. The Morgan fingerprint density at radius 3 is 2.56 bits per heavy atom. The molecule has 0 heterocycles. The fourth-order valence-electron chi connectivity index (χ4n) is 1.83. The van der Waals surface area contributed by atoms with E-state index in [4.69, 9.17) is 0 Å². The molecule has 1 N–H and O–H groups in total. The van der Waals surface area contributed by atoms with Gasteiger partial charge < -0.3 is 5.11 Å². The van der Waals surface area contributed by atoms with Gasteiger partial charge >= 0.3 is 0 Å². The van der Waals surface area contributed by atoms with Gasteiger partial charge in [-0.15, -0.1) is 0 Å². The Balaban J connectivity index is 2.47. The minimum atomic E-state index is -1.07. The maximum absolute atomic E-state index is 13.4. The minimum absolute atomic E-state index is 0.194. The molecule has 0 amide bonds. The van der Waals surface area contributed by atoms with Crippen LogP contribution in [0.25, 0.3) is 0 Å². The Morgan fingerprint density at radius 2 is 1.89 bits per heavy atom. The molecule has 0 fully saturated rings. The number of aryl methyl sites for hydroxylation is 1. The van der Waals surface area contributed by atoms with Crippen molar-refractivity contribution in [2.45, 2.75) is 13.0 Å². The van der Waals surface area contributed by atoms with Gasteiger partial charge in [0.25, 0.3) is 0 Å². The predicted octanol–water partition coefficient (Wildman–Crippen LogP) is 4.12. The van der Waals surface area contributed by atoms with Crippen LogP contribution < -0.4 is 0 Å². The molecule has 1 atom stereocenters. The number of hydrogen-bond acceptors (Lipinski definition) is 1. The van der Waals surface area contributed by atoms with Gasteiger partial charge in [-0.2, -0.15) is 0 Å². The van der Waals surface area contributed by atoms with E-state index >= 15 is 0 Å². The number of hydrogen-bond donors (Lipinski definition) is 1. The van der Waals surface area contributed by atoms with Gasteiger partial charge in [0.05, 0.1) is 4.47 Å². The quantitative estimate of drug-likeness (QED) is 0.884. The molecule has 0 spiro atoms. The van der Waals surface area contributed by atoms with Gasteiger partial charge in [-0.25, -0.2) is 8.78 Å². The fourth-order valence-corrected chi connectivity index (χ4v) is 2.31. The van der Waals surface area contributed by atoms with Gasteiger partial charge in [0.15, 0.2) is 0 Å². The minimum Gasteiger partial charge on any atom is -0.384 e. The molecule has 0 aromatic heterocycles. The van der Waals surface area contributed by atoms with Crippen LogP contribution in [0.2, 0.25) is 0 Å². The third-order valence-electron chi connectivity index (χ3n) is 2.66. The Kier molecular flexibility index (Phi) is 3.78. The van der Waals surface area contributed by atoms with Crippen LogP contribution in [-0.4, -0.2) is 5.11 Å². The third-order valence-corrected chi connectivity index (χ3v) is 3.49.